The van der Waals surface area contributed by atoms with E-state index in [-0.39, 0.29) is 18.3 Å². The molecule has 0 saturated carbocycles. The van der Waals surface area contributed by atoms with Gasteiger partial charge in [0.2, 0.25) is 5.91 Å². The van der Waals surface area contributed by atoms with Crippen molar-refractivity contribution < 1.29 is 18.7 Å². The van der Waals surface area contributed by atoms with E-state index in [2.05, 4.69) is 10.4 Å². The van der Waals surface area contributed by atoms with E-state index in [1.165, 1.54) is 12.1 Å². The molecule has 0 bridgehead atoms. The Balaban J connectivity index is 1.34. The van der Waals surface area contributed by atoms with Crippen molar-refractivity contribution >= 4 is 28.6 Å². The minimum Gasteiger partial charge on any atom is -0.445 e. The van der Waals surface area contributed by atoms with E-state index in [1.807, 2.05) is 92.7 Å². The highest BCUT2D eigenvalue weighted by Gasteiger charge is 2.55. The van der Waals surface area contributed by atoms with Gasteiger partial charge in [-0.1, -0.05) is 60.7 Å². The number of hydrogen-bond acceptors (Lipinski definition) is 4. The Morgan fingerprint density at radius 1 is 0.927 bits per heavy atom. The van der Waals surface area contributed by atoms with Crippen molar-refractivity contribution in [2.45, 2.75) is 32.5 Å². The predicted molar refractivity (Wildman–Crippen MR) is 155 cm³/mol. The van der Waals surface area contributed by atoms with Gasteiger partial charge in [-0.15, -0.1) is 0 Å². The van der Waals surface area contributed by atoms with E-state index >= 15 is 0 Å². The monoisotopic (exact) mass is 548 g/mol. The number of rotatable bonds is 6. The molecule has 41 heavy (non-hydrogen) atoms. The van der Waals surface area contributed by atoms with Crippen LogP contribution < -0.4 is 10.2 Å². The molecule has 0 radical (unpaired) electrons. The summed E-state index contributed by atoms with van der Waals surface area (Å²) < 4.78 is 20.7. The quantitative estimate of drug-likeness (QED) is 0.260. The molecule has 1 aliphatic heterocycles. The number of fused-ring (bicyclic) bond motifs is 1. The molecule has 2 heterocycles. The maximum Gasteiger partial charge on any atom is 0.407 e. The average molecular weight is 549 g/mol. The molecule has 1 saturated heterocycles. The molecule has 2 amide bonds. The molecule has 6 rings (SSSR count). The maximum absolute atomic E-state index is 14.1. The largest absolute Gasteiger partial charge is 0.445 e. The maximum atomic E-state index is 14.1. The van der Waals surface area contributed by atoms with Gasteiger partial charge in [-0.2, -0.15) is 5.10 Å². The van der Waals surface area contributed by atoms with Gasteiger partial charge >= 0.3 is 6.09 Å². The van der Waals surface area contributed by atoms with Gasteiger partial charge < -0.3 is 15.0 Å². The number of nitrogens with one attached hydrogen (secondary N) is 1. The number of benzene rings is 4. The van der Waals surface area contributed by atoms with Gasteiger partial charge in [0.1, 0.15) is 12.4 Å². The Morgan fingerprint density at radius 3 is 2.29 bits per heavy atom. The first-order valence-electron chi connectivity index (χ1n) is 13.4. The summed E-state index contributed by atoms with van der Waals surface area (Å²) in [5, 5.41) is 8.34. The number of nitrogens with zero attached hydrogens (tertiary/aromatic N) is 3. The predicted octanol–water partition coefficient (Wildman–Crippen LogP) is 6.57. The second-order valence-corrected chi connectivity index (χ2v) is 10.7. The smallest absolute Gasteiger partial charge is 0.407 e. The fraction of sp³-hybridized carbons (Fsp3) is 0.182. The van der Waals surface area contributed by atoms with Crippen molar-refractivity contribution in [1.29, 1.82) is 0 Å². The number of alkyl carbamates (subject to hydrolysis) is 1. The molecule has 1 fully saturated rings. The zero-order valence-corrected chi connectivity index (χ0v) is 22.7. The summed E-state index contributed by atoms with van der Waals surface area (Å²) in [6.45, 7) is 3.82. The molecule has 7 nitrogen and oxygen atoms in total. The molecular formula is C33H29FN4O3. The lowest BCUT2D eigenvalue weighted by Gasteiger charge is -2.30. The van der Waals surface area contributed by atoms with Crippen LogP contribution in [-0.2, 0) is 16.1 Å². The van der Waals surface area contributed by atoms with Gasteiger partial charge in [0.15, 0.2) is 0 Å². The highest BCUT2D eigenvalue weighted by atomic mass is 19.1. The van der Waals surface area contributed by atoms with Crippen LogP contribution in [0.2, 0.25) is 0 Å². The number of aromatic nitrogens is 2. The lowest BCUT2D eigenvalue weighted by Crippen LogP contribution is -2.46. The Hall–Kier alpha value is -4.98. The van der Waals surface area contributed by atoms with Gasteiger partial charge in [-0.05, 0) is 67.4 Å². The Bertz CT molecular complexity index is 1700. The van der Waals surface area contributed by atoms with Crippen molar-refractivity contribution in [3.05, 3.63) is 126 Å². The van der Waals surface area contributed by atoms with E-state index in [0.29, 0.717) is 5.69 Å². The third kappa shape index (κ3) is 4.93. The number of hydrogen-bond donors (Lipinski definition) is 1. The van der Waals surface area contributed by atoms with E-state index < -0.39 is 23.6 Å². The Morgan fingerprint density at radius 2 is 1.59 bits per heavy atom. The zero-order chi connectivity index (χ0) is 28.6. The molecule has 1 N–H and O–H groups in total. The zero-order valence-electron chi connectivity index (χ0n) is 22.7. The molecule has 8 heteroatoms. The van der Waals surface area contributed by atoms with E-state index in [0.717, 1.165) is 27.7 Å². The summed E-state index contributed by atoms with van der Waals surface area (Å²) >= 11 is 0. The fourth-order valence-corrected chi connectivity index (χ4v) is 5.49. The number of amides is 2. The summed E-state index contributed by atoms with van der Waals surface area (Å²) in [6.07, 6.45) is 1.14. The van der Waals surface area contributed by atoms with E-state index in [9.17, 15) is 14.0 Å². The van der Waals surface area contributed by atoms with Crippen LogP contribution in [0.25, 0.3) is 16.6 Å². The van der Waals surface area contributed by atoms with Gasteiger partial charge in [-0.25, -0.2) is 13.9 Å². The fourth-order valence-electron chi connectivity index (χ4n) is 5.49. The summed E-state index contributed by atoms with van der Waals surface area (Å²) in [7, 11) is 0. The second-order valence-electron chi connectivity index (χ2n) is 10.7. The topological polar surface area (TPSA) is 76.5 Å². The SMILES string of the molecule is CC1(C)C(=O)N(c2ccc3c(cnn3-c3ccc(F)cc3)c2)C(c2ccccc2)[C@H]1NC(=O)OCc1ccccc1. The number of carbonyl (C=O) groups excluding carboxylic acids is 2. The second kappa shape index (κ2) is 10.5. The van der Waals surface area contributed by atoms with Crippen molar-refractivity contribution in [2.75, 3.05) is 4.90 Å². The van der Waals surface area contributed by atoms with Gasteiger partial charge in [-0.3, -0.25) is 4.79 Å². The molecule has 1 aliphatic rings. The summed E-state index contributed by atoms with van der Waals surface area (Å²) in [5.41, 5.74) is 3.07. The molecule has 4 aromatic carbocycles. The molecule has 2 atom stereocenters. The number of halogens is 1. The Labute approximate surface area is 237 Å². The number of ether oxygens (including phenoxy) is 1. The summed E-state index contributed by atoms with van der Waals surface area (Å²) in [5.74, 6) is -0.438. The van der Waals surface area contributed by atoms with E-state index in [4.69, 9.17) is 4.74 Å². The number of anilines is 1. The van der Waals surface area contributed by atoms with Gasteiger partial charge in [0.25, 0.3) is 0 Å². The normalized spacial score (nSPS) is 18.0. The minimum absolute atomic E-state index is 0.120. The van der Waals surface area contributed by atoms with Crippen LogP contribution >= 0.6 is 0 Å². The highest BCUT2D eigenvalue weighted by Crippen LogP contribution is 2.47. The first-order chi connectivity index (χ1) is 19.8. The summed E-state index contributed by atoms with van der Waals surface area (Å²) in [6, 6.07) is 29.9. The molecule has 5 aromatic rings. The van der Waals surface area contributed by atoms with Crippen LogP contribution in [0.3, 0.4) is 0 Å². The third-order valence-corrected chi connectivity index (χ3v) is 7.67. The van der Waals surface area contributed by atoms with Crippen molar-refractivity contribution in [2.24, 2.45) is 5.41 Å². The molecule has 206 valence electrons. The third-order valence-electron chi connectivity index (χ3n) is 7.67. The van der Waals surface area contributed by atoms with Crippen molar-refractivity contribution in [3.8, 4) is 5.69 Å². The number of carbonyl (C=O) groups is 2. The highest BCUT2D eigenvalue weighted by molar-refractivity contribution is 6.03. The summed E-state index contributed by atoms with van der Waals surface area (Å²) in [4.78, 5) is 28.8. The van der Waals surface area contributed by atoms with E-state index in [1.54, 1.807) is 27.9 Å². The molecule has 0 spiro atoms. The molecule has 0 aliphatic carbocycles. The van der Waals surface area contributed by atoms with Crippen LogP contribution in [0.1, 0.15) is 31.0 Å². The lowest BCUT2D eigenvalue weighted by molar-refractivity contribution is -0.124. The van der Waals surface area contributed by atoms with Crippen LogP contribution in [0.4, 0.5) is 14.9 Å². The average Bonchev–Trinajstić information content (AvgIpc) is 3.49. The van der Waals surface area contributed by atoms with Crippen LogP contribution in [0.15, 0.2) is 109 Å². The standard InChI is InChI=1S/C33H29FN4O3/c1-33(2)30(36-32(40)41-21-22-9-5-3-6-10-22)29(23-11-7-4-8-12-23)37(31(33)39)27-17-18-28-24(19-27)20-35-38(28)26-15-13-25(34)14-16-26/h3-20,29-30H,21H2,1-2H3,(H,36,40)/t29?,30-/m1/s1. The van der Waals surface area contributed by atoms with Crippen molar-refractivity contribution in [1.82, 2.24) is 15.1 Å². The molecular weight excluding hydrogens is 519 g/mol. The molecule has 1 aromatic heterocycles. The van der Waals surface area contributed by atoms with Crippen LogP contribution in [-0.4, -0.2) is 27.8 Å². The van der Waals surface area contributed by atoms with Crippen molar-refractivity contribution in [3.63, 3.8) is 0 Å². The van der Waals surface area contributed by atoms with Crippen LogP contribution in [0, 0.1) is 11.2 Å². The Kier molecular flexibility index (Phi) is 6.75. The molecule has 1 unspecified atom stereocenters. The first-order valence-corrected chi connectivity index (χ1v) is 13.4. The lowest BCUT2D eigenvalue weighted by atomic mass is 9.82. The minimum atomic E-state index is -0.931. The van der Waals surface area contributed by atoms with Gasteiger partial charge in [0.05, 0.1) is 34.9 Å². The first kappa shape index (κ1) is 26.3. The van der Waals surface area contributed by atoms with Gasteiger partial charge in [0, 0.05) is 11.1 Å². The van der Waals surface area contributed by atoms with Crippen LogP contribution in [0.5, 0.6) is 0 Å².